The van der Waals surface area contributed by atoms with E-state index in [0.717, 1.165) is 12.1 Å². The molecule has 0 aliphatic carbocycles. The van der Waals surface area contributed by atoms with Crippen molar-refractivity contribution < 1.29 is 0 Å². The van der Waals surface area contributed by atoms with E-state index in [1.165, 1.54) is 30.8 Å². The zero-order valence-corrected chi connectivity index (χ0v) is 11.8. The molecule has 2 heteroatoms. The number of nitrogens with zero attached hydrogens (tertiary/aromatic N) is 2. The van der Waals surface area contributed by atoms with Crippen molar-refractivity contribution in [3.05, 3.63) is 36.4 Å². The van der Waals surface area contributed by atoms with Crippen molar-refractivity contribution in [2.45, 2.75) is 26.3 Å². The maximum atomic E-state index is 3.99. The first kappa shape index (κ1) is 13.2. The van der Waals surface area contributed by atoms with Gasteiger partial charge in [-0.3, -0.25) is 0 Å². The third kappa shape index (κ3) is 2.75. The van der Waals surface area contributed by atoms with Crippen LogP contribution in [0.15, 0.2) is 30.8 Å². The van der Waals surface area contributed by atoms with E-state index in [4.69, 9.17) is 0 Å². The van der Waals surface area contributed by atoms with Gasteiger partial charge in [-0.2, -0.15) is 0 Å². The van der Waals surface area contributed by atoms with E-state index in [9.17, 15) is 0 Å². The van der Waals surface area contributed by atoms with Crippen molar-refractivity contribution in [2.75, 3.05) is 31.6 Å². The summed E-state index contributed by atoms with van der Waals surface area (Å²) in [5, 5.41) is 0. The van der Waals surface area contributed by atoms with Crippen LogP contribution < -0.4 is 4.90 Å². The van der Waals surface area contributed by atoms with Crippen LogP contribution in [0.1, 0.15) is 25.8 Å². The summed E-state index contributed by atoms with van der Waals surface area (Å²) in [6.45, 7) is 11.7. The Morgan fingerprint density at radius 1 is 1.39 bits per heavy atom. The molecule has 1 aromatic rings. The standard InChI is InChI=1S/C16H24N2/c1-5-18(16-10-11-17(4)12-16)15-8-6-14(7-9-15)13(2)3/h6-9,16H,2,5,10-12H2,1,3-4H3. The molecule has 18 heavy (non-hydrogen) atoms. The molecular formula is C16H24N2. The number of hydrogen-bond acceptors (Lipinski definition) is 2. The summed E-state index contributed by atoms with van der Waals surface area (Å²) < 4.78 is 0. The highest BCUT2D eigenvalue weighted by molar-refractivity contribution is 5.64. The zero-order chi connectivity index (χ0) is 13.1. The lowest BCUT2D eigenvalue weighted by molar-refractivity contribution is 0.408. The van der Waals surface area contributed by atoms with E-state index in [-0.39, 0.29) is 0 Å². The third-order valence-electron chi connectivity index (χ3n) is 3.84. The van der Waals surface area contributed by atoms with Crippen LogP contribution in [-0.4, -0.2) is 37.6 Å². The fourth-order valence-corrected chi connectivity index (χ4v) is 2.76. The molecule has 0 spiro atoms. The predicted octanol–water partition coefficient (Wildman–Crippen LogP) is 3.25. The SMILES string of the molecule is C=C(C)c1ccc(N(CC)C2CCN(C)C2)cc1. The minimum atomic E-state index is 0.663. The lowest BCUT2D eigenvalue weighted by atomic mass is 10.1. The first-order valence-electron chi connectivity index (χ1n) is 6.83. The Morgan fingerprint density at radius 2 is 2.06 bits per heavy atom. The van der Waals surface area contributed by atoms with Gasteiger partial charge in [0.25, 0.3) is 0 Å². The molecule has 1 saturated heterocycles. The monoisotopic (exact) mass is 244 g/mol. The van der Waals surface area contributed by atoms with Crippen LogP contribution in [0, 0.1) is 0 Å². The van der Waals surface area contributed by atoms with Gasteiger partial charge >= 0.3 is 0 Å². The molecule has 1 aromatic carbocycles. The van der Waals surface area contributed by atoms with E-state index in [1.54, 1.807) is 0 Å². The normalized spacial score (nSPS) is 20.1. The van der Waals surface area contributed by atoms with Crippen molar-refractivity contribution in [1.29, 1.82) is 0 Å². The smallest absolute Gasteiger partial charge is 0.0428 e. The molecule has 1 aliphatic rings. The van der Waals surface area contributed by atoms with Gasteiger partial charge in [0.1, 0.15) is 0 Å². The number of benzene rings is 1. The molecule has 2 rings (SSSR count). The Morgan fingerprint density at radius 3 is 2.50 bits per heavy atom. The van der Waals surface area contributed by atoms with Crippen LogP contribution in [0.25, 0.3) is 5.57 Å². The number of allylic oxidation sites excluding steroid dienone is 1. The highest BCUT2D eigenvalue weighted by atomic mass is 15.2. The topological polar surface area (TPSA) is 6.48 Å². The van der Waals surface area contributed by atoms with Crippen LogP contribution in [0.4, 0.5) is 5.69 Å². The Balaban J connectivity index is 2.14. The Hall–Kier alpha value is -1.28. The Bertz CT molecular complexity index is 408. The largest absolute Gasteiger partial charge is 0.367 e. The van der Waals surface area contributed by atoms with Gasteiger partial charge in [0.05, 0.1) is 0 Å². The maximum Gasteiger partial charge on any atom is 0.0428 e. The quantitative estimate of drug-likeness (QED) is 0.802. The molecule has 1 fully saturated rings. The molecule has 1 heterocycles. The predicted molar refractivity (Wildman–Crippen MR) is 80.1 cm³/mol. The minimum absolute atomic E-state index is 0.663. The van der Waals surface area contributed by atoms with Crippen molar-refractivity contribution in [3.8, 4) is 0 Å². The second-order valence-electron chi connectivity index (χ2n) is 5.32. The second kappa shape index (κ2) is 5.57. The number of anilines is 1. The highest BCUT2D eigenvalue weighted by Gasteiger charge is 2.24. The van der Waals surface area contributed by atoms with Gasteiger partial charge in [-0.1, -0.05) is 24.3 Å². The maximum absolute atomic E-state index is 3.99. The van der Waals surface area contributed by atoms with Crippen LogP contribution in [-0.2, 0) is 0 Å². The first-order chi connectivity index (χ1) is 8.61. The van der Waals surface area contributed by atoms with E-state index in [0.29, 0.717) is 6.04 Å². The summed E-state index contributed by atoms with van der Waals surface area (Å²) >= 11 is 0. The molecule has 1 unspecified atom stereocenters. The number of hydrogen-bond donors (Lipinski definition) is 0. The molecule has 0 bridgehead atoms. The molecule has 1 aliphatic heterocycles. The van der Waals surface area contributed by atoms with E-state index >= 15 is 0 Å². The second-order valence-corrected chi connectivity index (χ2v) is 5.32. The molecular weight excluding hydrogens is 220 g/mol. The number of likely N-dealkylation sites (tertiary alicyclic amines) is 1. The molecule has 0 amide bonds. The summed E-state index contributed by atoms with van der Waals surface area (Å²) in [7, 11) is 2.21. The molecule has 98 valence electrons. The van der Waals surface area contributed by atoms with Gasteiger partial charge in [-0.25, -0.2) is 0 Å². The van der Waals surface area contributed by atoms with Gasteiger partial charge in [0.15, 0.2) is 0 Å². The average molecular weight is 244 g/mol. The van der Waals surface area contributed by atoms with Crippen molar-refractivity contribution in [1.82, 2.24) is 4.90 Å². The molecule has 2 nitrogen and oxygen atoms in total. The fraction of sp³-hybridized carbons (Fsp3) is 0.500. The summed E-state index contributed by atoms with van der Waals surface area (Å²) in [6.07, 6.45) is 1.27. The number of rotatable bonds is 4. The van der Waals surface area contributed by atoms with E-state index in [2.05, 4.69) is 61.5 Å². The van der Waals surface area contributed by atoms with Crippen LogP contribution >= 0.6 is 0 Å². The van der Waals surface area contributed by atoms with Crippen LogP contribution in [0.3, 0.4) is 0 Å². The molecule has 0 aromatic heterocycles. The zero-order valence-electron chi connectivity index (χ0n) is 11.8. The van der Waals surface area contributed by atoms with Gasteiger partial charge in [0.2, 0.25) is 0 Å². The van der Waals surface area contributed by atoms with E-state index < -0.39 is 0 Å². The Kier molecular flexibility index (Phi) is 4.07. The summed E-state index contributed by atoms with van der Waals surface area (Å²) in [5.41, 5.74) is 3.70. The fourth-order valence-electron chi connectivity index (χ4n) is 2.76. The van der Waals surface area contributed by atoms with Gasteiger partial charge in [-0.15, -0.1) is 0 Å². The van der Waals surface area contributed by atoms with Crippen molar-refractivity contribution in [2.24, 2.45) is 0 Å². The number of likely N-dealkylation sites (N-methyl/N-ethyl adjacent to an activating group) is 2. The van der Waals surface area contributed by atoms with Gasteiger partial charge in [-0.05, 0) is 51.6 Å². The molecule has 0 N–H and O–H groups in total. The average Bonchev–Trinajstić information content (AvgIpc) is 2.77. The highest BCUT2D eigenvalue weighted by Crippen LogP contribution is 2.24. The molecule has 0 radical (unpaired) electrons. The van der Waals surface area contributed by atoms with E-state index in [1.807, 2.05) is 0 Å². The van der Waals surface area contributed by atoms with Crippen LogP contribution in [0.2, 0.25) is 0 Å². The van der Waals surface area contributed by atoms with Gasteiger partial charge < -0.3 is 9.80 Å². The lowest BCUT2D eigenvalue weighted by Crippen LogP contribution is -2.36. The summed E-state index contributed by atoms with van der Waals surface area (Å²) in [6, 6.07) is 9.48. The first-order valence-corrected chi connectivity index (χ1v) is 6.83. The Labute approximate surface area is 111 Å². The summed E-state index contributed by atoms with van der Waals surface area (Å²) in [4.78, 5) is 4.93. The van der Waals surface area contributed by atoms with Crippen molar-refractivity contribution in [3.63, 3.8) is 0 Å². The van der Waals surface area contributed by atoms with Crippen LogP contribution in [0.5, 0.6) is 0 Å². The lowest BCUT2D eigenvalue weighted by Gasteiger charge is -2.30. The van der Waals surface area contributed by atoms with Gasteiger partial charge in [0, 0.05) is 24.8 Å². The van der Waals surface area contributed by atoms with Crippen molar-refractivity contribution >= 4 is 11.3 Å². The molecule has 0 saturated carbocycles. The third-order valence-corrected chi connectivity index (χ3v) is 3.84. The summed E-state index contributed by atoms with van der Waals surface area (Å²) in [5.74, 6) is 0. The minimum Gasteiger partial charge on any atom is -0.367 e. The molecule has 1 atom stereocenters.